The molecule has 1 aromatic carbocycles. The SMILES string of the molecule is CC.CC(=O)c1ccc(O)cc1Cl. The molecule has 1 aromatic rings. The Morgan fingerprint density at radius 3 is 2.31 bits per heavy atom. The smallest absolute Gasteiger partial charge is 0.161 e. The van der Waals surface area contributed by atoms with Crippen molar-refractivity contribution in [1.82, 2.24) is 0 Å². The number of aromatic hydroxyl groups is 1. The van der Waals surface area contributed by atoms with E-state index in [1.54, 1.807) is 0 Å². The predicted octanol–water partition coefficient (Wildman–Crippen LogP) is 3.27. The molecule has 3 heteroatoms. The lowest BCUT2D eigenvalue weighted by atomic mass is 10.1. The van der Waals surface area contributed by atoms with Crippen LogP contribution in [0, 0.1) is 0 Å². The number of hydrogen-bond donors (Lipinski definition) is 1. The van der Waals surface area contributed by atoms with E-state index in [9.17, 15) is 4.79 Å². The number of hydrogen-bond acceptors (Lipinski definition) is 2. The van der Waals surface area contributed by atoms with Crippen LogP contribution in [0.1, 0.15) is 31.1 Å². The van der Waals surface area contributed by atoms with Crippen LogP contribution in [0.5, 0.6) is 5.75 Å². The molecule has 0 aliphatic rings. The number of benzene rings is 1. The number of carbonyl (C=O) groups excluding carboxylic acids is 1. The van der Waals surface area contributed by atoms with E-state index in [2.05, 4.69) is 0 Å². The van der Waals surface area contributed by atoms with E-state index in [0.29, 0.717) is 5.56 Å². The summed E-state index contributed by atoms with van der Waals surface area (Å²) in [6.07, 6.45) is 0. The zero-order chi connectivity index (χ0) is 10.4. The Kier molecular flexibility index (Phi) is 5.16. The first kappa shape index (κ1) is 12.0. The standard InChI is InChI=1S/C8H7ClO2.C2H6/c1-5(10)7-3-2-6(11)4-8(7)9;1-2/h2-4,11H,1H3;1-2H3. The van der Waals surface area contributed by atoms with Crippen LogP contribution in [0.25, 0.3) is 0 Å². The molecule has 0 aromatic heterocycles. The molecule has 13 heavy (non-hydrogen) atoms. The topological polar surface area (TPSA) is 37.3 Å². The van der Waals surface area contributed by atoms with Crippen molar-refractivity contribution in [3.63, 3.8) is 0 Å². The van der Waals surface area contributed by atoms with Crippen LogP contribution >= 0.6 is 11.6 Å². The summed E-state index contributed by atoms with van der Waals surface area (Å²) in [6, 6.07) is 4.28. The molecule has 0 atom stereocenters. The summed E-state index contributed by atoms with van der Waals surface area (Å²) in [5.74, 6) is -0.0324. The zero-order valence-corrected chi connectivity index (χ0v) is 8.72. The van der Waals surface area contributed by atoms with E-state index in [1.165, 1.54) is 25.1 Å². The quantitative estimate of drug-likeness (QED) is 0.707. The highest BCUT2D eigenvalue weighted by Crippen LogP contribution is 2.21. The van der Waals surface area contributed by atoms with Crippen LogP contribution in [0.4, 0.5) is 0 Å². The van der Waals surface area contributed by atoms with Crippen molar-refractivity contribution in [2.75, 3.05) is 0 Å². The molecule has 1 N–H and O–H groups in total. The van der Waals surface area contributed by atoms with E-state index in [4.69, 9.17) is 16.7 Å². The molecule has 0 aliphatic heterocycles. The van der Waals surface area contributed by atoms with Crippen LogP contribution in [0.2, 0.25) is 5.02 Å². The van der Waals surface area contributed by atoms with Crippen LogP contribution in [-0.4, -0.2) is 10.9 Å². The lowest BCUT2D eigenvalue weighted by Crippen LogP contribution is -1.91. The van der Waals surface area contributed by atoms with Gasteiger partial charge in [-0.25, -0.2) is 0 Å². The summed E-state index contributed by atoms with van der Waals surface area (Å²) in [7, 11) is 0. The Balaban J connectivity index is 0.000000671. The molecule has 2 nitrogen and oxygen atoms in total. The second kappa shape index (κ2) is 5.60. The van der Waals surface area contributed by atoms with Crippen molar-refractivity contribution in [3.05, 3.63) is 28.8 Å². The normalized spacial score (nSPS) is 8.62. The van der Waals surface area contributed by atoms with Crippen molar-refractivity contribution in [2.45, 2.75) is 20.8 Å². The van der Waals surface area contributed by atoms with Gasteiger partial charge >= 0.3 is 0 Å². The summed E-state index contributed by atoms with van der Waals surface area (Å²) in [5, 5.41) is 9.21. The van der Waals surface area contributed by atoms with Gasteiger partial charge in [-0.3, -0.25) is 4.79 Å². The van der Waals surface area contributed by atoms with Gasteiger partial charge in [0, 0.05) is 5.56 Å². The Morgan fingerprint density at radius 2 is 1.92 bits per heavy atom. The minimum atomic E-state index is -0.102. The number of carbonyl (C=O) groups is 1. The van der Waals surface area contributed by atoms with Crippen molar-refractivity contribution >= 4 is 17.4 Å². The van der Waals surface area contributed by atoms with Gasteiger partial charge < -0.3 is 5.11 Å². The number of rotatable bonds is 1. The van der Waals surface area contributed by atoms with Crippen molar-refractivity contribution in [2.24, 2.45) is 0 Å². The van der Waals surface area contributed by atoms with Gasteiger partial charge in [-0.2, -0.15) is 0 Å². The minimum absolute atomic E-state index is 0.0694. The number of Topliss-reactive ketones (excluding diaryl/α,β-unsaturated/α-hetero) is 1. The summed E-state index contributed by atoms with van der Waals surface area (Å²) in [5.41, 5.74) is 0.435. The fraction of sp³-hybridized carbons (Fsp3) is 0.300. The van der Waals surface area contributed by atoms with Gasteiger partial charge in [0.2, 0.25) is 0 Å². The lowest BCUT2D eigenvalue weighted by Gasteiger charge is -1.98. The van der Waals surface area contributed by atoms with Gasteiger partial charge in [-0.1, -0.05) is 25.4 Å². The summed E-state index contributed by atoms with van der Waals surface area (Å²) in [4.78, 5) is 10.8. The molecular weight excluding hydrogens is 188 g/mol. The highest BCUT2D eigenvalue weighted by atomic mass is 35.5. The number of phenols is 1. The molecule has 1 rings (SSSR count). The third-order valence-electron chi connectivity index (χ3n) is 1.33. The summed E-state index contributed by atoms with van der Waals surface area (Å²) < 4.78 is 0. The fourth-order valence-electron chi connectivity index (χ4n) is 0.790. The Morgan fingerprint density at radius 1 is 1.38 bits per heavy atom. The molecule has 0 spiro atoms. The molecule has 0 aliphatic carbocycles. The van der Waals surface area contributed by atoms with Gasteiger partial charge in [0.25, 0.3) is 0 Å². The second-order valence-corrected chi connectivity index (χ2v) is 2.63. The lowest BCUT2D eigenvalue weighted by molar-refractivity contribution is 0.101. The number of halogens is 1. The van der Waals surface area contributed by atoms with Gasteiger partial charge in [0.15, 0.2) is 5.78 Å². The van der Waals surface area contributed by atoms with Gasteiger partial charge in [-0.15, -0.1) is 0 Å². The van der Waals surface area contributed by atoms with Crippen molar-refractivity contribution < 1.29 is 9.90 Å². The Bertz CT molecular complexity index is 295. The van der Waals surface area contributed by atoms with Crippen LogP contribution in [0.15, 0.2) is 18.2 Å². The van der Waals surface area contributed by atoms with E-state index in [1.807, 2.05) is 13.8 Å². The van der Waals surface area contributed by atoms with Crippen molar-refractivity contribution in [3.8, 4) is 5.75 Å². The highest BCUT2D eigenvalue weighted by molar-refractivity contribution is 6.34. The monoisotopic (exact) mass is 200 g/mol. The maximum atomic E-state index is 10.8. The van der Waals surface area contributed by atoms with Gasteiger partial charge in [-0.05, 0) is 25.1 Å². The molecule has 0 unspecified atom stereocenters. The molecule has 0 saturated carbocycles. The molecule has 0 radical (unpaired) electrons. The molecule has 0 fully saturated rings. The van der Waals surface area contributed by atoms with Crippen molar-refractivity contribution in [1.29, 1.82) is 0 Å². The molecule has 0 saturated heterocycles. The molecule has 0 amide bonds. The highest BCUT2D eigenvalue weighted by Gasteiger charge is 2.04. The summed E-state index contributed by atoms with van der Waals surface area (Å²) >= 11 is 5.64. The van der Waals surface area contributed by atoms with Gasteiger partial charge in [0.1, 0.15) is 5.75 Å². The minimum Gasteiger partial charge on any atom is -0.508 e. The third kappa shape index (κ3) is 3.47. The predicted molar refractivity (Wildman–Crippen MR) is 54.5 cm³/mol. The maximum absolute atomic E-state index is 10.8. The molecule has 72 valence electrons. The van der Waals surface area contributed by atoms with E-state index in [-0.39, 0.29) is 16.6 Å². The Labute approximate surface area is 83.2 Å². The summed E-state index contributed by atoms with van der Waals surface area (Å²) in [6.45, 7) is 5.43. The van der Waals surface area contributed by atoms with Crippen LogP contribution < -0.4 is 0 Å². The third-order valence-corrected chi connectivity index (χ3v) is 1.64. The van der Waals surface area contributed by atoms with E-state index < -0.39 is 0 Å². The average Bonchev–Trinajstić information content (AvgIpc) is 2.07. The first-order valence-electron chi connectivity index (χ1n) is 4.10. The molecular formula is C10H13ClO2. The number of phenolic OH excluding ortho intramolecular Hbond substituents is 1. The maximum Gasteiger partial charge on any atom is 0.161 e. The number of ketones is 1. The molecule has 0 bridgehead atoms. The van der Waals surface area contributed by atoms with Crippen LogP contribution in [0.3, 0.4) is 0 Å². The van der Waals surface area contributed by atoms with Crippen LogP contribution in [-0.2, 0) is 0 Å². The average molecular weight is 201 g/mol. The first-order valence-corrected chi connectivity index (χ1v) is 4.48. The second-order valence-electron chi connectivity index (χ2n) is 2.22. The Hall–Kier alpha value is -1.02. The molecule has 0 heterocycles. The van der Waals surface area contributed by atoms with Gasteiger partial charge in [0.05, 0.1) is 5.02 Å². The van der Waals surface area contributed by atoms with E-state index >= 15 is 0 Å². The van der Waals surface area contributed by atoms with E-state index in [0.717, 1.165) is 0 Å². The zero-order valence-electron chi connectivity index (χ0n) is 7.97. The largest absolute Gasteiger partial charge is 0.508 e. The first-order chi connectivity index (χ1) is 6.11. The fourth-order valence-corrected chi connectivity index (χ4v) is 1.10.